The molecule has 0 bridgehead atoms. The van der Waals surface area contributed by atoms with Crippen LogP contribution in [-0.2, 0) is 76.9 Å². The number of benzene rings is 3. The number of carbonyl (C=O) groups excluding carboxylic acids is 12. The predicted octanol–water partition coefficient (Wildman–Crippen LogP) is -4.76. The summed E-state index contributed by atoms with van der Waals surface area (Å²) in [7, 11) is 0. The van der Waals surface area contributed by atoms with Gasteiger partial charge in [-0.05, 0) is 105 Å². The van der Waals surface area contributed by atoms with Crippen LogP contribution in [0.1, 0.15) is 101 Å². The third kappa shape index (κ3) is 27.0. The van der Waals surface area contributed by atoms with Gasteiger partial charge < -0.3 is 103 Å². The van der Waals surface area contributed by atoms with Crippen LogP contribution in [0.2, 0.25) is 0 Å². The Bertz CT molecular complexity index is 3240. The molecule has 3 aromatic rings. The first kappa shape index (κ1) is 78.3. The first-order valence-electron chi connectivity index (χ1n) is 32.8. The van der Waals surface area contributed by atoms with Crippen molar-refractivity contribution in [2.24, 2.45) is 50.3 Å². The number of aliphatic imine (C=N–C) groups is 2. The number of nitrogens with one attached hydrogen (secondary N) is 11. The molecule has 10 atom stereocenters. The van der Waals surface area contributed by atoms with E-state index in [2.05, 4.69) is 68.5 Å². The number of guanidine groups is 2. The van der Waals surface area contributed by atoms with Crippen LogP contribution < -0.4 is 92.9 Å². The number of phenolic OH excluding ortho intramolecular Hbond substituents is 1. The van der Waals surface area contributed by atoms with Crippen molar-refractivity contribution in [2.45, 2.75) is 158 Å². The van der Waals surface area contributed by atoms with Crippen molar-refractivity contribution in [1.29, 1.82) is 0 Å². The summed E-state index contributed by atoms with van der Waals surface area (Å²) in [6.45, 7) is 2.14. The number of unbranched alkanes of at least 4 members (excludes halogenated alkanes) is 1. The Morgan fingerprint density at radius 2 is 1.26 bits per heavy atom. The number of aromatic hydroxyl groups is 1. The zero-order chi connectivity index (χ0) is 71.7. The second kappa shape index (κ2) is 40.8. The lowest BCUT2D eigenvalue weighted by Crippen LogP contribution is -2.63. The van der Waals surface area contributed by atoms with Crippen molar-refractivity contribution >= 4 is 82.8 Å². The first-order valence-corrected chi connectivity index (χ1v) is 32.8. The summed E-state index contributed by atoms with van der Waals surface area (Å²) in [6, 6.07) is 11.7. The highest BCUT2D eigenvalue weighted by atomic mass is 16.3. The maximum Gasteiger partial charge on any atom is 0.245 e. The lowest BCUT2D eigenvalue weighted by molar-refractivity contribution is -0.142. The minimum absolute atomic E-state index is 0.00285. The molecule has 2 aliphatic rings. The number of primary amides is 1. The van der Waals surface area contributed by atoms with Gasteiger partial charge in [0, 0.05) is 39.1 Å². The van der Waals surface area contributed by atoms with Crippen LogP contribution in [0.25, 0.3) is 0 Å². The molecule has 2 fully saturated rings. The summed E-state index contributed by atoms with van der Waals surface area (Å²) >= 11 is 0. The average molecular weight is 1370 g/mol. The molecule has 0 aliphatic carbocycles. The van der Waals surface area contributed by atoms with Gasteiger partial charge in [0.15, 0.2) is 11.9 Å². The second-order valence-corrected chi connectivity index (χ2v) is 24.1. The van der Waals surface area contributed by atoms with Crippen LogP contribution in [-0.4, -0.2) is 193 Å². The Morgan fingerprint density at radius 1 is 0.643 bits per heavy atom. The van der Waals surface area contributed by atoms with Crippen LogP contribution in [0, 0.1) is 5.92 Å². The van der Waals surface area contributed by atoms with E-state index in [1.165, 1.54) is 17.0 Å². The van der Waals surface area contributed by atoms with Gasteiger partial charge in [-0.15, -0.1) is 0 Å². The predicted molar refractivity (Wildman–Crippen MR) is 362 cm³/mol. The Hall–Kier alpha value is -10.4. The molecule has 3 aromatic carbocycles. The number of likely N-dealkylation sites (tertiary alicyclic amines) is 1. The summed E-state index contributed by atoms with van der Waals surface area (Å²) in [5, 5.41) is 39.0. The molecule has 24 N–H and O–H groups in total. The normalized spacial score (nSPS) is 18.9. The van der Waals surface area contributed by atoms with Gasteiger partial charge in [-0.1, -0.05) is 93.1 Å². The van der Waals surface area contributed by atoms with Crippen LogP contribution >= 0.6 is 0 Å². The fourth-order valence-electron chi connectivity index (χ4n) is 10.8. The van der Waals surface area contributed by atoms with Gasteiger partial charge in [0.2, 0.25) is 70.9 Å². The van der Waals surface area contributed by atoms with Crippen molar-refractivity contribution in [3.63, 3.8) is 0 Å². The molecule has 534 valence electrons. The molecular weight excluding hydrogens is 1270 g/mol. The van der Waals surface area contributed by atoms with E-state index >= 15 is 0 Å². The number of carbonyl (C=O) groups is 12. The fourth-order valence-corrected chi connectivity index (χ4v) is 10.8. The largest absolute Gasteiger partial charge is 0.508 e. The highest BCUT2D eigenvalue weighted by Gasteiger charge is 2.41. The number of hydrogen-bond donors (Lipinski definition) is 18. The van der Waals surface area contributed by atoms with E-state index in [4.69, 9.17) is 34.4 Å². The van der Waals surface area contributed by atoms with E-state index in [0.29, 0.717) is 37.9 Å². The third-order valence-electron chi connectivity index (χ3n) is 16.4. The number of amides is 12. The number of rotatable bonds is 35. The maximum absolute atomic E-state index is 14.8. The first-order chi connectivity index (χ1) is 46.8. The molecule has 33 heteroatoms. The number of hydrogen-bond acceptors (Lipinski definition) is 17. The van der Waals surface area contributed by atoms with Gasteiger partial charge in [0.1, 0.15) is 54.1 Å². The molecular formula is C65H96N20O13. The van der Waals surface area contributed by atoms with Crippen molar-refractivity contribution in [2.75, 3.05) is 45.8 Å². The SMILES string of the molecule is CCC(C)[C@@H]1NC(=O)[C@H](CCCN=C(N)N)NC(=O)[C@@H](NC(=O)[C@H](Cc2ccccc2)NC(=O)CNC(=O)CNC(=O)[C@H](Cc2ccc(O)cc2)NCc2ccccc2)CC(=O)NC[C@@H](C(=O)N[C@@H](CCCN=C(N)N)C(=O)N2CCC[C@H]2C(=O)N[C@@H](CCCCN)C(N)=O)NC1=O. The Labute approximate surface area is 568 Å². The van der Waals surface area contributed by atoms with Gasteiger partial charge in [0.05, 0.1) is 25.6 Å². The van der Waals surface area contributed by atoms with E-state index in [1.807, 2.05) is 30.3 Å². The minimum atomic E-state index is -1.83. The van der Waals surface area contributed by atoms with Gasteiger partial charge in [-0.3, -0.25) is 67.5 Å². The highest BCUT2D eigenvalue weighted by molar-refractivity contribution is 6.00. The topological polar surface area (TPSA) is 541 Å². The van der Waals surface area contributed by atoms with Crippen molar-refractivity contribution < 1.29 is 62.6 Å². The van der Waals surface area contributed by atoms with E-state index in [-0.39, 0.29) is 95.1 Å². The third-order valence-corrected chi connectivity index (χ3v) is 16.4. The lowest BCUT2D eigenvalue weighted by atomic mass is 9.96. The molecule has 0 spiro atoms. The standard InChI is InChI=1S/C65H96N20O13/c1-3-38(2)54-62(97)83-49(60(95)81-45(21-13-29-73-65(70)71)63(98)85-30-14-22-50(85)61(96)79-43(55(67)90)19-10-11-27-66)35-75-51(87)33-48(59(94)80-44(57(92)84-54)20-12-28-72-64(68)69)82-58(93)47(32-39-15-6-4-7-16-39)78-53(89)37-76-52(88)36-77-56(91)46(31-40-23-25-42(86)26-24-40)74-34-41-17-8-5-9-18-41/h4-9,15-18,23-26,38,43-50,54,74,86H,3,10-14,19-22,27-37,66H2,1-2H3,(H2,67,90)(H,75,87)(H,76,88)(H,77,91)(H,78,89)(H,79,96)(H,80,94)(H,81,95)(H,82,93)(H,83,97)(H,84,92)(H4,68,69,72)(H4,70,71,73)/t38?,43-,44-,45-,46-,47-,48-,49-,50-,54-/m0/s1. The van der Waals surface area contributed by atoms with Gasteiger partial charge in [-0.2, -0.15) is 0 Å². The number of nitrogens with zero attached hydrogens (tertiary/aromatic N) is 3. The zero-order valence-electron chi connectivity index (χ0n) is 55.4. The van der Waals surface area contributed by atoms with Crippen LogP contribution in [0.5, 0.6) is 5.75 Å². The summed E-state index contributed by atoms with van der Waals surface area (Å²) in [5.41, 5.74) is 35.7. The summed E-state index contributed by atoms with van der Waals surface area (Å²) in [6.07, 6.45) is 1.12. The van der Waals surface area contributed by atoms with E-state index < -0.39 is 157 Å². The van der Waals surface area contributed by atoms with Crippen molar-refractivity contribution in [3.05, 3.63) is 102 Å². The molecule has 0 aromatic heterocycles. The summed E-state index contributed by atoms with van der Waals surface area (Å²) < 4.78 is 0. The average Bonchev–Trinajstić information content (AvgIpc) is 1.60. The molecule has 33 nitrogen and oxygen atoms in total. The smallest absolute Gasteiger partial charge is 0.245 e. The van der Waals surface area contributed by atoms with Crippen LogP contribution in [0.15, 0.2) is 94.9 Å². The zero-order valence-corrected chi connectivity index (χ0v) is 55.4. The van der Waals surface area contributed by atoms with E-state index in [0.717, 1.165) is 11.1 Å². The Kier molecular flexibility index (Phi) is 32.6. The van der Waals surface area contributed by atoms with Gasteiger partial charge in [0.25, 0.3) is 0 Å². The number of phenols is 1. The van der Waals surface area contributed by atoms with Crippen molar-refractivity contribution in [1.82, 2.24) is 63.4 Å². The molecule has 1 unspecified atom stereocenters. The summed E-state index contributed by atoms with van der Waals surface area (Å²) in [5.74, 6) is -11.3. The van der Waals surface area contributed by atoms with Crippen LogP contribution in [0.3, 0.4) is 0 Å². The minimum Gasteiger partial charge on any atom is -0.508 e. The lowest BCUT2D eigenvalue weighted by Gasteiger charge is -2.32. The molecule has 0 radical (unpaired) electrons. The summed E-state index contributed by atoms with van der Waals surface area (Å²) in [4.78, 5) is 178. The molecule has 0 saturated carbocycles. The van der Waals surface area contributed by atoms with E-state index in [9.17, 15) is 62.6 Å². The molecule has 5 rings (SSSR count). The fraction of sp³-hybridized carbons (Fsp3) is 0.508. The molecule has 12 amide bonds. The quantitative estimate of drug-likeness (QED) is 0.0149. The second-order valence-electron chi connectivity index (χ2n) is 24.1. The number of nitrogens with two attached hydrogens (primary N) is 6. The maximum atomic E-state index is 14.8. The Balaban J connectivity index is 1.40. The molecule has 2 heterocycles. The molecule has 2 saturated heterocycles. The highest BCUT2D eigenvalue weighted by Crippen LogP contribution is 2.21. The van der Waals surface area contributed by atoms with Gasteiger partial charge >= 0.3 is 0 Å². The monoisotopic (exact) mass is 1360 g/mol. The molecule has 98 heavy (non-hydrogen) atoms. The van der Waals surface area contributed by atoms with E-state index in [1.54, 1.807) is 56.3 Å². The van der Waals surface area contributed by atoms with Crippen LogP contribution in [0.4, 0.5) is 0 Å². The van der Waals surface area contributed by atoms with Crippen molar-refractivity contribution in [3.8, 4) is 5.75 Å². The molecule has 2 aliphatic heterocycles. The van der Waals surface area contributed by atoms with Gasteiger partial charge in [-0.25, -0.2) is 0 Å². The Morgan fingerprint density at radius 3 is 1.90 bits per heavy atom.